The lowest BCUT2D eigenvalue weighted by atomic mass is 10.0. The predicted molar refractivity (Wildman–Crippen MR) is 254 cm³/mol. The van der Waals surface area contributed by atoms with E-state index in [1.54, 1.807) is 24.5 Å². The first-order valence-corrected chi connectivity index (χ1v) is 22.7. The number of carboxylic acid groups (broad SMARTS) is 1. The van der Waals surface area contributed by atoms with Crippen LogP contribution in [-0.4, -0.2) is 89.0 Å². The normalized spacial score (nSPS) is 19.9. The summed E-state index contributed by atoms with van der Waals surface area (Å²) in [7, 11) is 0. The van der Waals surface area contributed by atoms with Crippen LogP contribution in [0.2, 0.25) is 0 Å². The Morgan fingerprint density at radius 3 is 1.59 bits per heavy atom. The van der Waals surface area contributed by atoms with Crippen LogP contribution in [0.15, 0.2) is 118 Å². The number of thiazole rings is 2. The van der Waals surface area contributed by atoms with Gasteiger partial charge in [-0.2, -0.15) is 0 Å². The highest BCUT2D eigenvalue weighted by molar-refractivity contribution is 7.13. The van der Waals surface area contributed by atoms with Gasteiger partial charge in [0.15, 0.2) is 10.3 Å². The molecule has 0 unspecified atom stereocenters. The number of hydrogen-bond acceptors (Lipinski definition) is 13. The van der Waals surface area contributed by atoms with E-state index in [1.165, 1.54) is 28.4 Å². The first kappa shape index (κ1) is 43.4. The van der Waals surface area contributed by atoms with Crippen molar-refractivity contribution in [2.45, 2.75) is 65.0 Å². The second kappa shape index (κ2) is 19.4. The van der Waals surface area contributed by atoms with Crippen LogP contribution < -0.4 is 20.9 Å². The lowest BCUT2D eigenvalue weighted by Gasteiger charge is -2.37. The molecule has 0 spiro atoms. The maximum atomic E-state index is 12.8. The molecule has 4 N–H and O–H groups in total. The van der Waals surface area contributed by atoms with Gasteiger partial charge in [0.25, 0.3) is 5.91 Å². The van der Waals surface area contributed by atoms with Gasteiger partial charge in [-0.15, -0.1) is 22.7 Å². The van der Waals surface area contributed by atoms with Crippen LogP contribution in [0.5, 0.6) is 0 Å². The van der Waals surface area contributed by atoms with Gasteiger partial charge >= 0.3 is 5.97 Å². The summed E-state index contributed by atoms with van der Waals surface area (Å²) in [5.41, 5.74) is 15.8. The molecule has 0 aliphatic carbocycles. The van der Waals surface area contributed by atoms with Crippen molar-refractivity contribution in [1.29, 1.82) is 0 Å². The van der Waals surface area contributed by atoms with E-state index in [2.05, 4.69) is 94.2 Å². The summed E-state index contributed by atoms with van der Waals surface area (Å²) >= 11 is 2.84. The molecule has 4 aliphatic rings. The molecule has 0 bridgehead atoms. The highest BCUT2D eigenvalue weighted by Gasteiger charge is 2.27. The molecule has 4 atom stereocenters. The fourth-order valence-electron chi connectivity index (χ4n) is 8.36. The van der Waals surface area contributed by atoms with Crippen molar-refractivity contribution in [2.24, 2.45) is 9.98 Å². The Hall–Kier alpha value is -6.26. The number of aliphatic imine (C=N–C) groups is 2. The number of aromatic nitrogens is 2. The molecule has 10 rings (SSSR count). The molecule has 13 nitrogen and oxygen atoms in total. The standard InChI is InChI=1S/C24H24N4O2S.C21H22N2O3.C3H4N2S/c1-15-13-28(14-16(2)30-15)19-7-3-5-17(11-19)21-12-18-6-4-8-20(22(18)26-21)23(29)27-24-25-9-10-31-24;1-13-11-23(12-14(2)26-13)17-7-3-5-15(9-17)19-10-16-6-4-8-18(21(24)25)20(16)22-19;4-3-5-1-2-6-3/h3-11,15-16H,12-14H2,1-2H3,(H,25,27,29);3-9,13-14H,10-12H2,1-2H3,(H,24,25);1-2H,(H2,4,5)/t15-,16+;13-,14+;. The lowest BCUT2D eigenvalue weighted by Crippen LogP contribution is -2.45. The average molecular weight is 883 g/mol. The number of carboxylic acids is 1. The molecule has 15 heteroatoms. The molecule has 0 radical (unpaired) electrons. The molecular formula is C48H50N8O5S2. The summed E-state index contributed by atoms with van der Waals surface area (Å²) in [6.45, 7) is 11.9. The maximum Gasteiger partial charge on any atom is 0.337 e. The average Bonchev–Trinajstić information content (AvgIpc) is 4.12. The first-order valence-electron chi connectivity index (χ1n) is 21.0. The Bertz CT molecular complexity index is 2610. The van der Waals surface area contributed by atoms with E-state index >= 15 is 0 Å². The third-order valence-corrected chi connectivity index (χ3v) is 12.2. The number of hydrogen-bond donors (Lipinski definition) is 3. The van der Waals surface area contributed by atoms with Crippen LogP contribution in [0.3, 0.4) is 0 Å². The molecule has 2 fully saturated rings. The van der Waals surface area contributed by atoms with E-state index in [0.29, 0.717) is 34.4 Å². The smallest absolute Gasteiger partial charge is 0.337 e. The molecule has 63 heavy (non-hydrogen) atoms. The number of nitrogens with two attached hydrogens (primary N) is 1. The van der Waals surface area contributed by atoms with Gasteiger partial charge in [-0.25, -0.2) is 14.8 Å². The summed E-state index contributed by atoms with van der Waals surface area (Å²) in [6, 6.07) is 28.0. The Morgan fingerprint density at radius 2 is 1.14 bits per heavy atom. The molecule has 4 aliphatic heterocycles. The maximum absolute atomic E-state index is 12.8. The van der Waals surface area contributed by atoms with Crippen molar-refractivity contribution >= 4 is 79.0 Å². The van der Waals surface area contributed by atoms with E-state index < -0.39 is 5.97 Å². The number of para-hydroxylation sites is 2. The van der Waals surface area contributed by atoms with Crippen molar-refractivity contribution in [3.63, 3.8) is 0 Å². The molecule has 1 amide bonds. The second-order valence-corrected chi connectivity index (χ2v) is 17.8. The number of nitrogens with zero attached hydrogens (tertiary/aromatic N) is 6. The number of aromatic carboxylic acids is 1. The zero-order valence-corrected chi connectivity index (χ0v) is 37.2. The molecule has 6 heterocycles. The van der Waals surface area contributed by atoms with Crippen LogP contribution in [0.1, 0.15) is 70.7 Å². The number of benzene rings is 4. The topological polar surface area (TPSA) is 168 Å². The number of nitrogen functional groups attached to an aromatic ring is 1. The predicted octanol–water partition coefficient (Wildman–Crippen LogP) is 9.09. The molecular weight excluding hydrogens is 833 g/mol. The SMILES string of the molecule is C[C@@H]1CN(c2cccc(C3=Nc4c(cccc4C(=O)Nc4nccs4)C3)c2)C[C@H](C)O1.C[C@@H]1CN(c2cccc(C3=Nc4c(cccc4C(=O)O)C3)c2)C[C@H](C)O1.Nc1nccs1. The molecule has 0 saturated carbocycles. The third-order valence-electron chi connectivity index (χ3n) is 11.0. The summed E-state index contributed by atoms with van der Waals surface area (Å²) in [5, 5.41) is 17.1. The minimum atomic E-state index is -0.933. The molecule has 6 aromatic rings. The number of anilines is 4. The van der Waals surface area contributed by atoms with Crippen LogP contribution in [0.4, 0.5) is 33.0 Å². The summed E-state index contributed by atoms with van der Waals surface area (Å²) in [4.78, 5) is 46.3. The van der Waals surface area contributed by atoms with Gasteiger partial charge in [0.1, 0.15) is 0 Å². The molecule has 2 saturated heterocycles. The van der Waals surface area contributed by atoms with Gasteiger partial charge in [-0.3, -0.25) is 20.1 Å². The van der Waals surface area contributed by atoms with Crippen molar-refractivity contribution in [3.8, 4) is 0 Å². The number of rotatable bonds is 7. The van der Waals surface area contributed by atoms with Gasteiger partial charge in [0.2, 0.25) is 0 Å². The summed E-state index contributed by atoms with van der Waals surface area (Å²) in [5.74, 6) is -1.11. The van der Waals surface area contributed by atoms with Gasteiger partial charge < -0.3 is 30.1 Å². The van der Waals surface area contributed by atoms with Gasteiger partial charge in [0.05, 0.1) is 58.3 Å². The molecule has 4 aromatic carbocycles. The van der Waals surface area contributed by atoms with Gasteiger partial charge in [-0.05, 0) is 86.3 Å². The van der Waals surface area contributed by atoms with Crippen molar-refractivity contribution in [3.05, 3.63) is 141 Å². The number of carbonyl (C=O) groups is 2. The first-order chi connectivity index (χ1) is 30.5. The zero-order chi connectivity index (χ0) is 44.0. The van der Waals surface area contributed by atoms with E-state index in [1.807, 2.05) is 47.2 Å². The number of ether oxygens (including phenoxy) is 2. The largest absolute Gasteiger partial charge is 0.478 e. The van der Waals surface area contributed by atoms with Crippen molar-refractivity contribution in [1.82, 2.24) is 9.97 Å². The quantitative estimate of drug-likeness (QED) is 0.141. The number of carbonyl (C=O) groups excluding carboxylic acids is 1. The molecule has 2 aromatic heterocycles. The Kier molecular flexibility index (Phi) is 13.4. The summed E-state index contributed by atoms with van der Waals surface area (Å²) < 4.78 is 11.7. The number of morpholine rings is 2. The highest BCUT2D eigenvalue weighted by Crippen LogP contribution is 2.35. The van der Waals surface area contributed by atoms with Gasteiger partial charge in [0, 0.05) is 73.5 Å². The van der Waals surface area contributed by atoms with Crippen LogP contribution in [-0.2, 0) is 22.3 Å². The fourth-order valence-corrected chi connectivity index (χ4v) is 9.26. The van der Waals surface area contributed by atoms with E-state index in [4.69, 9.17) is 20.2 Å². The van der Waals surface area contributed by atoms with E-state index in [9.17, 15) is 14.7 Å². The van der Waals surface area contributed by atoms with Crippen LogP contribution >= 0.6 is 22.7 Å². The zero-order valence-electron chi connectivity index (χ0n) is 35.6. The number of amides is 1. The summed E-state index contributed by atoms with van der Waals surface area (Å²) in [6.07, 6.45) is 5.55. The lowest BCUT2D eigenvalue weighted by molar-refractivity contribution is -0.00548. The van der Waals surface area contributed by atoms with Gasteiger partial charge in [-0.1, -0.05) is 48.5 Å². The van der Waals surface area contributed by atoms with Crippen LogP contribution in [0.25, 0.3) is 0 Å². The Morgan fingerprint density at radius 1 is 0.667 bits per heavy atom. The Labute approximate surface area is 375 Å². The van der Waals surface area contributed by atoms with Crippen molar-refractivity contribution in [2.75, 3.05) is 47.0 Å². The second-order valence-electron chi connectivity index (χ2n) is 16.0. The number of fused-ring (bicyclic) bond motifs is 2. The third kappa shape index (κ3) is 10.5. The minimum absolute atomic E-state index is 0.179. The van der Waals surface area contributed by atoms with Crippen LogP contribution in [0, 0.1) is 0 Å². The number of nitrogens with one attached hydrogen (secondary N) is 1. The monoisotopic (exact) mass is 882 g/mol. The minimum Gasteiger partial charge on any atom is -0.478 e. The van der Waals surface area contributed by atoms with E-state index in [-0.39, 0.29) is 35.9 Å². The van der Waals surface area contributed by atoms with Crippen molar-refractivity contribution < 1.29 is 24.2 Å². The Balaban J connectivity index is 0.000000154. The fraction of sp³-hybridized carbons (Fsp3) is 0.292. The van der Waals surface area contributed by atoms with E-state index in [0.717, 1.165) is 71.2 Å². The molecule has 324 valence electrons. The highest BCUT2D eigenvalue weighted by atomic mass is 32.1.